The Morgan fingerprint density at radius 3 is 2.55 bits per heavy atom. The fourth-order valence-corrected chi connectivity index (χ4v) is 5.52. The average molecular weight is 513 g/mol. The third-order valence-electron chi connectivity index (χ3n) is 7.60. The highest BCUT2D eigenvalue weighted by atomic mass is 16.5. The Kier molecular flexibility index (Phi) is 8.39. The predicted molar refractivity (Wildman–Crippen MR) is 149 cm³/mol. The number of hydrogen-bond acceptors (Lipinski definition) is 3. The average Bonchev–Trinajstić information content (AvgIpc) is 3.58. The molecule has 0 radical (unpaired) electrons. The highest BCUT2D eigenvalue weighted by Gasteiger charge is 2.20. The Hall–Kier alpha value is -3.64. The van der Waals surface area contributed by atoms with E-state index >= 15 is 0 Å². The van der Waals surface area contributed by atoms with Gasteiger partial charge in [-0.3, -0.25) is 4.79 Å². The largest absolute Gasteiger partial charge is 0.488 e. The molecule has 1 saturated heterocycles. The molecule has 0 amide bonds. The molecule has 4 aromatic rings. The molecule has 5 rings (SSSR count). The van der Waals surface area contributed by atoms with Crippen LogP contribution in [0.3, 0.4) is 0 Å². The molecule has 6 heteroatoms. The SMILES string of the molecule is CCc1cc(COc2ccccc2C[n+]2cc3ccccc3n2CCN2CCCC2)ccc1CCC(=O)O. The number of ether oxygens (including phenoxy) is 1. The highest BCUT2D eigenvalue weighted by Crippen LogP contribution is 2.22. The van der Waals surface area contributed by atoms with Gasteiger partial charge in [-0.2, -0.15) is 4.68 Å². The molecular formula is C32H38N3O3+. The number of benzene rings is 3. The third kappa shape index (κ3) is 6.25. The highest BCUT2D eigenvalue weighted by molar-refractivity contribution is 5.77. The summed E-state index contributed by atoms with van der Waals surface area (Å²) in [5, 5.41) is 10.3. The lowest BCUT2D eigenvalue weighted by Gasteiger charge is -2.15. The summed E-state index contributed by atoms with van der Waals surface area (Å²) < 4.78 is 11.1. The normalized spacial score (nSPS) is 13.8. The van der Waals surface area contributed by atoms with Gasteiger partial charge in [0.15, 0.2) is 0 Å². The quantitative estimate of drug-likeness (QED) is 0.264. The van der Waals surface area contributed by atoms with Gasteiger partial charge in [0.1, 0.15) is 17.9 Å². The molecule has 0 atom stereocenters. The van der Waals surface area contributed by atoms with Crippen LogP contribution in [0.4, 0.5) is 0 Å². The molecule has 0 bridgehead atoms. The Labute approximate surface area is 225 Å². The smallest absolute Gasteiger partial charge is 0.303 e. The first kappa shape index (κ1) is 26.0. The number of rotatable bonds is 12. The lowest BCUT2D eigenvalue weighted by atomic mass is 9.98. The van der Waals surface area contributed by atoms with Crippen molar-refractivity contribution in [2.75, 3.05) is 19.6 Å². The summed E-state index contributed by atoms with van der Waals surface area (Å²) in [6.45, 7) is 7.76. The molecule has 1 N–H and O–H groups in total. The van der Waals surface area contributed by atoms with Crippen molar-refractivity contribution in [2.24, 2.45) is 0 Å². The van der Waals surface area contributed by atoms with Crippen molar-refractivity contribution in [1.82, 2.24) is 9.58 Å². The van der Waals surface area contributed by atoms with Crippen molar-refractivity contribution in [3.63, 3.8) is 0 Å². The van der Waals surface area contributed by atoms with Gasteiger partial charge in [0.05, 0.1) is 17.5 Å². The number of aromatic nitrogens is 2. The molecule has 0 unspecified atom stereocenters. The van der Waals surface area contributed by atoms with Gasteiger partial charge in [-0.1, -0.05) is 49.4 Å². The van der Waals surface area contributed by atoms with Crippen LogP contribution in [0, 0.1) is 0 Å². The fraction of sp³-hybridized carbons (Fsp3) is 0.375. The number of carboxylic acid groups (broad SMARTS) is 1. The Morgan fingerprint density at radius 1 is 0.947 bits per heavy atom. The van der Waals surface area contributed by atoms with E-state index in [-0.39, 0.29) is 6.42 Å². The number of carbonyl (C=O) groups is 1. The number of aliphatic carboxylic acids is 1. The van der Waals surface area contributed by atoms with Crippen molar-refractivity contribution < 1.29 is 19.3 Å². The Bertz CT molecular complexity index is 1390. The first-order valence-electron chi connectivity index (χ1n) is 13.8. The van der Waals surface area contributed by atoms with Crippen LogP contribution in [0.2, 0.25) is 0 Å². The number of nitrogens with zero attached hydrogens (tertiary/aromatic N) is 3. The van der Waals surface area contributed by atoms with Crippen LogP contribution < -0.4 is 9.42 Å². The monoisotopic (exact) mass is 512 g/mol. The molecular weight excluding hydrogens is 474 g/mol. The summed E-state index contributed by atoms with van der Waals surface area (Å²) in [5.74, 6) is 0.133. The van der Waals surface area contributed by atoms with E-state index in [4.69, 9.17) is 9.84 Å². The number of likely N-dealkylation sites (tertiary alicyclic amines) is 1. The van der Waals surface area contributed by atoms with Crippen LogP contribution in [-0.2, 0) is 37.3 Å². The van der Waals surface area contributed by atoms with Crippen LogP contribution in [0.1, 0.15) is 48.4 Å². The van der Waals surface area contributed by atoms with Gasteiger partial charge in [0.25, 0.3) is 0 Å². The molecule has 1 fully saturated rings. The number of hydrogen-bond donors (Lipinski definition) is 1. The lowest BCUT2D eigenvalue weighted by Crippen LogP contribution is -2.44. The second kappa shape index (κ2) is 12.3. The molecule has 1 aliphatic heterocycles. The molecule has 38 heavy (non-hydrogen) atoms. The van der Waals surface area contributed by atoms with Crippen LogP contribution in [0.5, 0.6) is 5.75 Å². The zero-order chi connectivity index (χ0) is 26.3. The van der Waals surface area contributed by atoms with Gasteiger partial charge >= 0.3 is 5.97 Å². The molecule has 3 aromatic carbocycles. The minimum atomic E-state index is -0.760. The van der Waals surface area contributed by atoms with Crippen LogP contribution >= 0.6 is 0 Å². The number of carboxylic acids is 1. The van der Waals surface area contributed by atoms with Crippen molar-refractivity contribution >= 4 is 16.9 Å². The number of para-hydroxylation sites is 2. The molecule has 1 aromatic heterocycles. The summed E-state index contributed by atoms with van der Waals surface area (Å²) in [6.07, 6.45) is 6.45. The lowest BCUT2D eigenvalue weighted by molar-refractivity contribution is -0.765. The third-order valence-corrected chi connectivity index (χ3v) is 7.60. The maximum absolute atomic E-state index is 11.0. The van der Waals surface area contributed by atoms with E-state index in [1.807, 2.05) is 6.07 Å². The molecule has 198 valence electrons. The van der Waals surface area contributed by atoms with E-state index in [0.717, 1.165) is 48.5 Å². The van der Waals surface area contributed by atoms with Gasteiger partial charge < -0.3 is 14.7 Å². The molecule has 2 heterocycles. The number of fused-ring (bicyclic) bond motifs is 1. The fourth-order valence-electron chi connectivity index (χ4n) is 5.52. The van der Waals surface area contributed by atoms with E-state index < -0.39 is 5.97 Å². The van der Waals surface area contributed by atoms with Crippen molar-refractivity contribution in [2.45, 2.75) is 58.7 Å². The first-order chi connectivity index (χ1) is 18.6. The molecule has 0 saturated carbocycles. The molecule has 0 aliphatic carbocycles. The molecule has 1 aliphatic rings. The molecule has 6 nitrogen and oxygen atoms in total. The Balaban J connectivity index is 1.32. The minimum Gasteiger partial charge on any atom is -0.488 e. The maximum atomic E-state index is 11.0. The Morgan fingerprint density at radius 2 is 1.74 bits per heavy atom. The maximum Gasteiger partial charge on any atom is 0.303 e. The van der Waals surface area contributed by atoms with Crippen LogP contribution in [0.25, 0.3) is 10.9 Å². The second-order valence-electron chi connectivity index (χ2n) is 10.2. The van der Waals surface area contributed by atoms with E-state index in [1.54, 1.807) is 0 Å². The summed E-state index contributed by atoms with van der Waals surface area (Å²) in [7, 11) is 0. The minimum absolute atomic E-state index is 0.155. The van der Waals surface area contributed by atoms with E-state index in [1.165, 1.54) is 42.4 Å². The van der Waals surface area contributed by atoms with E-state index in [0.29, 0.717) is 13.0 Å². The van der Waals surface area contributed by atoms with E-state index in [2.05, 4.69) is 88.0 Å². The van der Waals surface area contributed by atoms with Gasteiger partial charge in [-0.15, -0.1) is 4.68 Å². The summed E-state index contributed by atoms with van der Waals surface area (Å²) in [4.78, 5) is 13.6. The predicted octanol–water partition coefficient (Wildman–Crippen LogP) is 5.23. The van der Waals surface area contributed by atoms with Crippen molar-refractivity contribution in [3.8, 4) is 5.75 Å². The second-order valence-corrected chi connectivity index (χ2v) is 10.2. The van der Waals surface area contributed by atoms with E-state index in [9.17, 15) is 4.79 Å². The van der Waals surface area contributed by atoms with Gasteiger partial charge in [0.2, 0.25) is 12.7 Å². The van der Waals surface area contributed by atoms with Crippen LogP contribution in [0.15, 0.2) is 72.9 Å². The molecule has 0 spiro atoms. The van der Waals surface area contributed by atoms with Crippen LogP contribution in [-0.4, -0.2) is 40.3 Å². The topological polar surface area (TPSA) is 58.6 Å². The van der Waals surface area contributed by atoms with Crippen molar-refractivity contribution in [1.29, 1.82) is 0 Å². The van der Waals surface area contributed by atoms with Gasteiger partial charge in [-0.05, 0) is 79.7 Å². The van der Waals surface area contributed by atoms with Crippen molar-refractivity contribution in [3.05, 3.63) is 95.2 Å². The van der Waals surface area contributed by atoms with Gasteiger partial charge in [-0.25, -0.2) is 0 Å². The summed E-state index contributed by atoms with van der Waals surface area (Å²) in [6, 6.07) is 23.2. The van der Waals surface area contributed by atoms with Gasteiger partial charge in [0, 0.05) is 13.0 Å². The number of aryl methyl sites for hydroxylation is 2. The first-order valence-corrected chi connectivity index (χ1v) is 13.8. The zero-order valence-corrected chi connectivity index (χ0v) is 22.3. The standard InChI is InChI=1S/C32H37N3O3/c1-2-26-21-25(13-14-27(26)15-16-32(36)37)24-38-31-12-6-4-10-29(31)23-34-22-28-9-3-5-11-30(28)35(34)20-19-33-17-7-8-18-33/h3-6,9-14,21-22H,2,7-8,15-20,23-24H2,1H3/p+1. The zero-order valence-electron chi connectivity index (χ0n) is 22.3. The summed E-state index contributed by atoms with van der Waals surface area (Å²) in [5.41, 5.74) is 5.82. The summed E-state index contributed by atoms with van der Waals surface area (Å²) >= 11 is 0.